The van der Waals surface area contributed by atoms with Crippen molar-refractivity contribution in [3.63, 3.8) is 0 Å². The van der Waals surface area contributed by atoms with E-state index in [1.54, 1.807) is 0 Å². The van der Waals surface area contributed by atoms with Gasteiger partial charge in [-0.15, -0.1) is 0 Å². The van der Waals surface area contributed by atoms with Crippen LogP contribution in [0.1, 0.15) is 37.0 Å². The minimum Gasteiger partial charge on any atom is -0.491 e. The van der Waals surface area contributed by atoms with E-state index in [9.17, 15) is 4.79 Å². The van der Waals surface area contributed by atoms with E-state index in [1.807, 2.05) is 13.0 Å². The Bertz CT molecular complexity index is 470. The summed E-state index contributed by atoms with van der Waals surface area (Å²) in [7, 11) is 0. The first-order chi connectivity index (χ1) is 9.90. The molecule has 1 aromatic rings. The predicted molar refractivity (Wildman–Crippen MR) is 87.0 cm³/mol. The van der Waals surface area contributed by atoms with Crippen LogP contribution >= 0.6 is 0 Å². The minimum absolute atomic E-state index is 0.129. The van der Waals surface area contributed by atoms with Crippen molar-refractivity contribution in [1.82, 2.24) is 10.6 Å². The number of aryl methyl sites for hydroxylation is 3. The molecule has 4 nitrogen and oxygen atoms in total. The lowest BCUT2D eigenvalue weighted by Gasteiger charge is -2.13. The Morgan fingerprint density at radius 2 is 1.67 bits per heavy atom. The molecule has 0 fully saturated rings. The molecule has 2 amide bonds. The third kappa shape index (κ3) is 6.52. The number of rotatable bonds is 7. The zero-order valence-corrected chi connectivity index (χ0v) is 13.9. The smallest absolute Gasteiger partial charge is 0.314 e. The van der Waals surface area contributed by atoms with Crippen molar-refractivity contribution in [2.75, 3.05) is 19.7 Å². The Morgan fingerprint density at radius 3 is 2.33 bits per heavy atom. The van der Waals surface area contributed by atoms with Crippen LogP contribution in [0.2, 0.25) is 0 Å². The van der Waals surface area contributed by atoms with Gasteiger partial charge in [0.2, 0.25) is 0 Å². The van der Waals surface area contributed by atoms with Crippen LogP contribution in [0.4, 0.5) is 4.79 Å². The summed E-state index contributed by atoms with van der Waals surface area (Å²) < 4.78 is 5.72. The van der Waals surface area contributed by atoms with E-state index in [1.165, 1.54) is 11.1 Å². The van der Waals surface area contributed by atoms with Crippen LogP contribution in [0.5, 0.6) is 5.75 Å². The van der Waals surface area contributed by atoms with Gasteiger partial charge in [-0.3, -0.25) is 0 Å². The first-order valence-corrected chi connectivity index (χ1v) is 7.62. The number of carbonyl (C=O) groups excluding carboxylic acids is 1. The van der Waals surface area contributed by atoms with Crippen molar-refractivity contribution in [3.8, 4) is 5.75 Å². The third-order valence-electron chi connectivity index (χ3n) is 3.44. The van der Waals surface area contributed by atoms with Crippen molar-refractivity contribution < 1.29 is 9.53 Å². The summed E-state index contributed by atoms with van der Waals surface area (Å²) in [6.45, 7) is 12.2. The molecule has 0 bridgehead atoms. The van der Waals surface area contributed by atoms with Gasteiger partial charge in [0.05, 0.1) is 6.54 Å². The fraction of sp³-hybridized carbons (Fsp3) is 0.588. The molecular weight excluding hydrogens is 264 g/mol. The summed E-state index contributed by atoms with van der Waals surface area (Å²) in [5.41, 5.74) is 3.61. The highest BCUT2D eigenvalue weighted by Crippen LogP contribution is 2.22. The van der Waals surface area contributed by atoms with Crippen LogP contribution in [0.25, 0.3) is 0 Å². The van der Waals surface area contributed by atoms with E-state index in [4.69, 9.17) is 4.74 Å². The van der Waals surface area contributed by atoms with Gasteiger partial charge in [0.1, 0.15) is 12.4 Å². The molecule has 0 aliphatic heterocycles. The van der Waals surface area contributed by atoms with Gasteiger partial charge in [0, 0.05) is 6.54 Å². The normalized spacial score (nSPS) is 10.6. The summed E-state index contributed by atoms with van der Waals surface area (Å²) in [5, 5.41) is 5.63. The molecule has 21 heavy (non-hydrogen) atoms. The molecule has 0 unspecified atom stereocenters. The van der Waals surface area contributed by atoms with Gasteiger partial charge in [-0.05, 0) is 55.9 Å². The monoisotopic (exact) mass is 292 g/mol. The van der Waals surface area contributed by atoms with E-state index in [0.717, 1.165) is 17.7 Å². The molecule has 0 radical (unpaired) electrons. The van der Waals surface area contributed by atoms with Gasteiger partial charge in [0.15, 0.2) is 0 Å². The Hall–Kier alpha value is -1.71. The summed E-state index contributed by atoms with van der Waals surface area (Å²) in [6.07, 6.45) is 0.992. The van der Waals surface area contributed by atoms with Crippen LogP contribution in [0.15, 0.2) is 12.1 Å². The zero-order valence-electron chi connectivity index (χ0n) is 13.9. The molecule has 0 saturated heterocycles. The average Bonchev–Trinajstić information content (AvgIpc) is 2.39. The standard InChI is InChI=1S/C17H28N2O2/c1-12(2)6-7-18-17(20)19-8-9-21-16-11-14(4)13(3)10-15(16)5/h10-12H,6-9H2,1-5H3,(H2,18,19,20). The molecule has 2 N–H and O–H groups in total. The molecule has 0 saturated carbocycles. The fourth-order valence-electron chi connectivity index (χ4n) is 1.95. The molecule has 0 heterocycles. The van der Waals surface area contributed by atoms with E-state index < -0.39 is 0 Å². The van der Waals surface area contributed by atoms with Gasteiger partial charge in [-0.25, -0.2) is 4.79 Å². The second-order valence-corrected chi connectivity index (χ2v) is 5.92. The lowest BCUT2D eigenvalue weighted by Crippen LogP contribution is -2.38. The highest BCUT2D eigenvalue weighted by molar-refractivity contribution is 5.73. The van der Waals surface area contributed by atoms with Crippen molar-refractivity contribution in [1.29, 1.82) is 0 Å². The quantitative estimate of drug-likeness (QED) is 0.757. The highest BCUT2D eigenvalue weighted by atomic mass is 16.5. The SMILES string of the molecule is Cc1cc(C)c(OCCNC(=O)NCCC(C)C)cc1C. The molecule has 0 aliphatic rings. The summed E-state index contributed by atoms with van der Waals surface area (Å²) in [5.74, 6) is 1.49. The maximum Gasteiger partial charge on any atom is 0.314 e. The number of urea groups is 1. The maximum atomic E-state index is 11.5. The number of ether oxygens (including phenoxy) is 1. The van der Waals surface area contributed by atoms with Crippen molar-refractivity contribution in [2.24, 2.45) is 5.92 Å². The Labute approximate surface area is 128 Å². The van der Waals surface area contributed by atoms with Gasteiger partial charge < -0.3 is 15.4 Å². The third-order valence-corrected chi connectivity index (χ3v) is 3.44. The summed E-state index contributed by atoms with van der Waals surface area (Å²) in [6, 6.07) is 4.04. The molecular formula is C17H28N2O2. The Morgan fingerprint density at radius 1 is 1.05 bits per heavy atom. The van der Waals surface area contributed by atoms with Crippen LogP contribution in [-0.2, 0) is 0 Å². The second-order valence-electron chi connectivity index (χ2n) is 5.92. The fourth-order valence-corrected chi connectivity index (χ4v) is 1.95. The Balaban J connectivity index is 2.25. The van der Waals surface area contributed by atoms with Gasteiger partial charge in [-0.1, -0.05) is 19.9 Å². The zero-order chi connectivity index (χ0) is 15.8. The molecule has 4 heteroatoms. The molecule has 0 aromatic heterocycles. The van der Waals surface area contributed by atoms with Gasteiger partial charge in [-0.2, -0.15) is 0 Å². The molecule has 0 atom stereocenters. The number of amides is 2. The summed E-state index contributed by atoms with van der Waals surface area (Å²) in [4.78, 5) is 11.5. The Kier molecular flexibility index (Phi) is 7.06. The van der Waals surface area contributed by atoms with E-state index >= 15 is 0 Å². The number of nitrogens with one attached hydrogen (secondary N) is 2. The molecule has 0 spiro atoms. The van der Waals surface area contributed by atoms with E-state index in [-0.39, 0.29) is 6.03 Å². The topological polar surface area (TPSA) is 50.4 Å². The maximum absolute atomic E-state index is 11.5. The largest absolute Gasteiger partial charge is 0.491 e. The molecule has 1 rings (SSSR count). The van der Waals surface area contributed by atoms with Gasteiger partial charge >= 0.3 is 6.03 Å². The molecule has 118 valence electrons. The van der Waals surface area contributed by atoms with Crippen LogP contribution in [0.3, 0.4) is 0 Å². The van der Waals surface area contributed by atoms with Crippen molar-refractivity contribution in [3.05, 3.63) is 28.8 Å². The lowest BCUT2D eigenvalue weighted by molar-refractivity contribution is 0.236. The predicted octanol–water partition coefficient (Wildman–Crippen LogP) is 3.34. The summed E-state index contributed by atoms with van der Waals surface area (Å²) >= 11 is 0. The lowest BCUT2D eigenvalue weighted by atomic mass is 10.1. The van der Waals surface area contributed by atoms with Crippen molar-refractivity contribution in [2.45, 2.75) is 41.0 Å². The van der Waals surface area contributed by atoms with Crippen LogP contribution in [-0.4, -0.2) is 25.7 Å². The second kappa shape index (κ2) is 8.55. The number of carbonyl (C=O) groups is 1. The van der Waals surface area contributed by atoms with Crippen LogP contribution in [0, 0.1) is 26.7 Å². The first kappa shape index (κ1) is 17.3. The average molecular weight is 292 g/mol. The molecule has 0 aliphatic carbocycles. The van der Waals surface area contributed by atoms with Crippen molar-refractivity contribution >= 4 is 6.03 Å². The number of benzene rings is 1. The minimum atomic E-state index is -0.129. The number of hydrogen-bond acceptors (Lipinski definition) is 2. The van der Waals surface area contributed by atoms with Gasteiger partial charge in [0.25, 0.3) is 0 Å². The molecule has 1 aromatic carbocycles. The van der Waals surface area contributed by atoms with E-state index in [0.29, 0.717) is 25.6 Å². The van der Waals surface area contributed by atoms with Crippen LogP contribution < -0.4 is 15.4 Å². The first-order valence-electron chi connectivity index (χ1n) is 7.62. The van der Waals surface area contributed by atoms with E-state index in [2.05, 4.69) is 44.4 Å². The highest BCUT2D eigenvalue weighted by Gasteiger charge is 2.04. The number of hydrogen-bond donors (Lipinski definition) is 2.